The molecule has 2 aromatic carbocycles. The molecular formula is C16H19NO. The van der Waals surface area contributed by atoms with E-state index in [2.05, 4.69) is 35.2 Å². The van der Waals surface area contributed by atoms with Crippen LogP contribution in [0, 0.1) is 0 Å². The maximum atomic E-state index is 11.4. The summed E-state index contributed by atoms with van der Waals surface area (Å²) in [4.78, 5) is 13.5. The molecule has 2 rings (SSSR count). The van der Waals surface area contributed by atoms with E-state index in [-0.39, 0.29) is 11.8 Å². The van der Waals surface area contributed by atoms with Gasteiger partial charge < -0.3 is 4.90 Å². The van der Waals surface area contributed by atoms with Crippen LogP contribution >= 0.6 is 0 Å². The van der Waals surface area contributed by atoms with Crippen molar-refractivity contribution >= 4 is 16.6 Å². The fraction of sp³-hybridized carbons (Fsp3) is 0.312. The van der Waals surface area contributed by atoms with E-state index in [9.17, 15) is 4.79 Å². The normalized spacial score (nSPS) is 12.9. The molecule has 0 aliphatic carbocycles. The fourth-order valence-corrected chi connectivity index (χ4v) is 2.29. The zero-order chi connectivity index (χ0) is 13.1. The molecule has 0 saturated heterocycles. The lowest BCUT2D eigenvalue weighted by Crippen LogP contribution is -2.22. The van der Waals surface area contributed by atoms with E-state index in [1.54, 1.807) is 6.92 Å². The van der Waals surface area contributed by atoms with Gasteiger partial charge in [-0.3, -0.25) is 4.79 Å². The molecule has 2 aromatic rings. The summed E-state index contributed by atoms with van der Waals surface area (Å²) < 4.78 is 0. The minimum atomic E-state index is 0.159. The Hall–Kier alpha value is -1.67. The third-order valence-corrected chi connectivity index (χ3v) is 3.26. The van der Waals surface area contributed by atoms with E-state index >= 15 is 0 Å². The number of benzene rings is 2. The van der Waals surface area contributed by atoms with Crippen molar-refractivity contribution in [3.05, 3.63) is 48.0 Å². The molecule has 18 heavy (non-hydrogen) atoms. The standard InChI is InChI=1S/C16H19NO/c1-12(18)10-16(17(2)3)15-9-8-13-6-4-5-7-14(13)11-15/h4-9,11,16H,10H2,1-3H3. The van der Waals surface area contributed by atoms with Crippen LogP contribution in [0.3, 0.4) is 0 Å². The molecule has 1 atom stereocenters. The summed E-state index contributed by atoms with van der Waals surface area (Å²) in [5, 5.41) is 2.46. The number of rotatable bonds is 4. The third-order valence-electron chi connectivity index (χ3n) is 3.26. The van der Waals surface area contributed by atoms with Crippen molar-refractivity contribution in [2.24, 2.45) is 0 Å². The van der Waals surface area contributed by atoms with Gasteiger partial charge in [0.05, 0.1) is 0 Å². The Morgan fingerprint density at radius 1 is 1.11 bits per heavy atom. The topological polar surface area (TPSA) is 20.3 Å². The molecule has 0 fully saturated rings. The first kappa shape index (κ1) is 12.8. The molecule has 0 amide bonds. The molecule has 2 heteroatoms. The zero-order valence-electron chi connectivity index (χ0n) is 11.2. The molecule has 0 saturated carbocycles. The smallest absolute Gasteiger partial charge is 0.131 e. The van der Waals surface area contributed by atoms with Crippen molar-refractivity contribution < 1.29 is 4.79 Å². The van der Waals surface area contributed by atoms with Crippen molar-refractivity contribution in [1.82, 2.24) is 4.90 Å². The van der Waals surface area contributed by atoms with Crippen LogP contribution in [-0.2, 0) is 4.79 Å². The van der Waals surface area contributed by atoms with Gasteiger partial charge in [-0.15, -0.1) is 0 Å². The van der Waals surface area contributed by atoms with Crippen LogP contribution in [0.2, 0.25) is 0 Å². The fourth-order valence-electron chi connectivity index (χ4n) is 2.29. The Kier molecular flexibility index (Phi) is 3.78. The number of hydrogen-bond donors (Lipinski definition) is 0. The Morgan fingerprint density at radius 2 is 1.78 bits per heavy atom. The highest BCUT2D eigenvalue weighted by atomic mass is 16.1. The maximum Gasteiger partial charge on any atom is 0.131 e. The summed E-state index contributed by atoms with van der Waals surface area (Å²) in [5.74, 6) is 0.224. The predicted octanol–water partition coefficient (Wildman–Crippen LogP) is 3.42. The maximum absolute atomic E-state index is 11.4. The van der Waals surface area contributed by atoms with Crippen molar-refractivity contribution in [2.45, 2.75) is 19.4 Å². The summed E-state index contributed by atoms with van der Waals surface area (Å²) in [7, 11) is 4.03. The van der Waals surface area contributed by atoms with Gasteiger partial charge in [-0.05, 0) is 43.4 Å². The molecule has 0 aliphatic heterocycles. The van der Waals surface area contributed by atoms with Crippen LogP contribution in [-0.4, -0.2) is 24.8 Å². The summed E-state index contributed by atoms with van der Waals surface area (Å²) in [5.41, 5.74) is 1.20. The van der Waals surface area contributed by atoms with Crippen LogP contribution in [0.5, 0.6) is 0 Å². The largest absolute Gasteiger partial charge is 0.302 e. The second kappa shape index (κ2) is 5.32. The van der Waals surface area contributed by atoms with Crippen LogP contribution in [0.15, 0.2) is 42.5 Å². The number of nitrogens with zero attached hydrogens (tertiary/aromatic N) is 1. The first-order valence-electron chi connectivity index (χ1n) is 6.22. The van der Waals surface area contributed by atoms with Gasteiger partial charge in [0.2, 0.25) is 0 Å². The number of Topliss-reactive ketones (excluding diaryl/α,β-unsaturated/α-hetero) is 1. The van der Waals surface area contributed by atoms with Crippen molar-refractivity contribution in [3.8, 4) is 0 Å². The van der Waals surface area contributed by atoms with E-state index in [0.29, 0.717) is 6.42 Å². The van der Waals surface area contributed by atoms with E-state index < -0.39 is 0 Å². The average Bonchev–Trinajstić information content (AvgIpc) is 2.35. The molecule has 0 N–H and O–H groups in total. The quantitative estimate of drug-likeness (QED) is 0.817. The second-order valence-corrected chi connectivity index (χ2v) is 4.99. The number of hydrogen-bond acceptors (Lipinski definition) is 2. The van der Waals surface area contributed by atoms with Gasteiger partial charge >= 0.3 is 0 Å². The molecular weight excluding hydrogens is 222 g/mol. The van der Waals surface area contributed by atoms with Gasteiger partial charge in [0, 0.05) is 12.5 Å². The highest BCUT2D eigenvalue weighted by molar-refractivity contribution is 5.83. The van der Waals surface area contributed by atoms with Gasteiger partial charge in [0.15, 0.2) is 0 Å². The first-order valence-corrected chi connectivity index (χ1v) is 6.22. The van der Waals surface area contributed by atoms with Gasteiger partial charge in [-0.25, -0.2) is 0 Å². The number of carbonyl (C=O) groups is 1. The molecule has 94 valence electrons. The summed E-state index contributed by atoms with van der Waals surface area (Å²) >= 11 is 0. The lowest BCUT2D eigenvalue weighted by atomic mass is 9.98. The first-order chi connectivity index (χ1) is 8.58. The van der Waals surface area contributed by atoms with E-state index in [1.807, 2.05) is 26.2 Å². The summed E-state index contributed by atoms with van der Waals surface area (Å²) in [6, 6.07) is 14.9. The predicted molar refractivity (Wildman–Crippen MR) is 75.7 cm³/mol. The van der Waals surface area contributed by atoms with Crippen molar-refractivity contribution in [3.63, 3.8) is 0 Å². The molecule has 0 heterocycles. The van der Waals surface area contributed by atoms with Gasteiger partial charge in [0.1, 0.15) is 5.78 Å². The molecule has 0 aliphatic rings. The lowest BCUT2D eigenvalue weighted by Gasteiger charge is -2.24. The van der Waals surface area contributed by atoms with Gasteiger partial charge in [0.25, 0.3) is 0 Å². The molecule has 0 radical (unpaired) electrons. The zero-order valence-corrected chi connectivity index (χ0v) is 11.2. The monoisotopic (exact) mass is 241 g/mol. The summed E-state index contributed by atoms with van der Waals surface area (Å²) in [6.45, 7) is 1.65. The minimum absolute atomic E-state index is 0.159. The SMILES string of the molecule is CC(=O)CC(c1ccc2ccccc2c1)N(C)C. The molecule has 1 unspecified atom stereocenters. The number of ketones is 1. The third kappa shape index (κ3) is 2.77. The van der Waals surface area contributed by atoms with Gasteiger partial charge in [-0.1, -0.05) is 36.4 Å². The van der Waals surface area contributed by atoms with Crippen molar-refractivity contribution in [2.75, 3.05) is 14.1 Å². The second-order valence-electron chi connectivity index (χ2n) is 4.99. The molecule has 2 nitrogen and oxygen atoms in total. The van der Waals surface area contributed by atoms with Crippen LogP contribution in [0.1, 0.15) is 24.9 Å². The van der Waals surface area contributed by atoms with Crippen LogP contribution in [0.4, 0.5) is 0 Å². The van der Waals surface area contributed by atoms with Gasteiger partial charge in [-0.2, -0.15) is 0 Å². The van der Waals surface area contributed by atoms with E-state index in [4.69, 9.17) is 0 Å². The number of fused-ring (bicyclic) bond motifs is 1. The molecule has 0 bridgehead atoms. The average molecular weight is 241 g/mol. The van der Waals surface area contributed by atoms with Crippen LogP contribution in [0.25, 0.3) is 10.8 Å². The van der Waals surface area contributed by atoms with E-state index in [0.717, 1.165) is 0 Å². The summed E-state index contributed by atoms with van der Waals surface area (Å²) in [6.07, 6.45) is 0.561. The Labute approximate surface area is 108 Å². The number of carbonyl (C=O) groups excluding carboxylic acids is 1. The Morgan fingerprint density at radius 3 is 2.39 bits per heavy atom. The highest BCUT2D eigenvalue weighted by Crippen LogP contribution is 2.25. The lowest BCUT2D eigenvalue weighted by molar-refractivity contribution is -0.118. The minimum Gasteiger partial charge on any atom is -0.302 e. The van der Waals surface area contributed by atoms with Crippen molar-refractivity contribution in [1.29, 1.82) is 0 Å². The Balaban J connectivity index is 2.41. The van der Waals surface area contributed by atoms with E-state index in [1.165, 1.54) is 16.3 Å². The molecule has 0 spiro atoms. The Bertz CT molecular complexity index is 560. The molecule has 0 aromatic heterocycles. The van der Waals surface area contributed by atoms with Crippen LogP contribution < -0.4 is 0 Å². The highest BCUT2D eigenvalue weighted by Gasteiger charge is 2.16.